The van der Waals surface area contributed by atoms with Gasteiger partial charge in [-0.3, -0.25) is 19.1 Å². The lowest BCUT2D eigenvalue weighted by molar-refractivity contribution is -0.0763. The summed E-state index contributed by atoms with van der Waals surface area (Å²) in [7, 11) is 0. The molecule has 0 radical (unpaired) electrons. The number of carbonyl (C=O) groups is 1. The summed E-state index contributed by atoms with van der Waals surface area (Å²) in [6, 6.07) is 1.74. The highest BCUT2D eigenvalue weighted by molar-refractivity contribution is 6.05. The Morgan fingerprint density at radius 2 is 2.11 bits per heavy atom. The molecule has 2 aromatic rings. The highest BCUT2D eigenvalue weighted by atomic mass is 16.5. The Bertz CT molecular complexity index is 1030. The van der Waals surface area contributed by atoms with Crippen molar-refractivity contribution >= 4 is 16.9 Å². The van der Waals surface area contributed by atoms with E-state index < -0.39 is 16.9 Å². The fourth-order valence-corrected chi connectivity index (χ4v) is 3.70. The number of pyridine rings is 1. The third kappa shape index (κ3) is 3.18. The van der Waals surface area contributed by atoms with E-state index in [4.69, 9.17) is 4.74 Å². The van der Waals surface area contributed by atoms with Crippen molar-refractivity contribution in [3.8, 4) is 0 Å². The number of amides is 1. The van der Waals surface area contributed by atoms with Crippen LogP contribution in [0.5, 0.6) is 0 Å². The van der Waals surface area contributed by atoms with Crippen molar-refractivity contribution in [1.82, 2.24) is 19.4 Å². The number of H-pyrrole nitrogens is 1. The van der Waals surface area contributed by atoms with Gasteiger partial charge in [0, 0.05) is 31.2 Å². The van der Waals surface area contributed by atoms with Crippen LogP contribution in [-0.2, 0) is 11.3 Å². The molecule has 0 aromatic carbocycles. The molecule has 2 aromatic heterocycles. The van der Waals surface area contributed by atoms with E-state index >= 15 is 0 Å². The van der Waals surface area contributed by atoms with Gasteiger partial charge in [0.25, 0.3) is 11.5 Å². The quantitative estimate of drug-likeness (QED) is 0.874. The van der Waals surface area contributed by atoms with Crippen molar-refractivity contribution in [2.24, 2.45) is 0 Å². The van der Waals surface area contributed by atoms with Gasteiger partial charge in [0.15, 0.2) is 5.65 Å². The van der Waals surface area contributed by atoms with Crippen molar-refractivity contribution in [1.29, 1.82) is 0 Å². The summed E-state index contributed by atoms with van der Waals surface area (Å²) in [4.78, 5) is 46.8. The average Bonchev–Trinajstić information content (AvgIpc) is 3.44. The summed E-state index contributed by atoms with van der Waals surface area (Å²) in [5, 5.41) is 0.190. The normalized spacial score (nSPS) is 19.4. The molecule has 4 rings (SSSR count). The summed E-state index contributed by atoms with van der Waals surface area (Å²) in [6.07, 6.45) is 2.02. The van der Waals surface area contributed by atoms with E-state index in [9.17, 15) is 14.4 Å². The number of aromatic amines is 1. The number of morpholine rings is 1. The Morgan fingerprint density at radius 3 is 2.74 bits per heavy atom. The second kappa shape index (κ2) is 6.30. The van der Waals surface area contributed by atoms with Crippen LogP contribution in [-0.4, -0.2) is 50.6 Å². The minimum atomic E-state index is -0.564. The van der Waals surface area contributed by atoms with Crippen molar-refractivity contribution in [3.05, 3.63) is 38.2 Å². The van der Waals surface area contributed by atoms with E-state index in [1.54, 1.807) is 11.0 Å². The van der Waals surface area contributed by atoms with Crippen LogP contribution in [0.3, 0.4) is 0 Å². The van der Waals surface area contributed by atoms with Gasteiger partial charge in [-0.15, -0.1) is 0 Å². The van der Waals surface area contributed by atoms with Crippen LogP contribution in [0.15, 0.2) is 15.7 Å². The summed E-state index contributed by atoms with van der Waals surface area (Å²) < 4.78 is 7.12. The Hall–Kier alpha value is -2.48. The van der Waals surface area contributed by atoms with E-state index in [1.165, 1.54) is 4.57 Å². The van der Waals surface area contributed by atoms with Crippen molar-refractivity contribution in [3.63, 3.8) is 0 Å². The van der Waals surface area contributed by atoms with Crippen molar-refractivity contribution in [2.75, 3.05) is 19.7 Å². The monoisotopic (exact) mass is 372 g/mol. The first kappa shape index (κ1) is 17.9. The van der Waals surface area contributed by atoms with E-state index in [2.05, 4.69) is 9.97 Å². The molecule has 1 aliphatic heterocycles. The molecule has 1 saturated carbocycles. The minimum Gasteiger partial charge on any atom is -0.372 e. The summed E-state index contributed by atoms with van der Waals surface area (Å²) in [5.41, 5.74) is -0.0968. The molecule has 3 heterocycles. The molecule has 2 aliphatic rings. The minimum absolute atomic E-state index is 0.190. The average molecular weight is 372 g/mol. The van der Waals surface area contributed by atoms with Crippen LogP contribution in [0.1, 0.15) is 55.6 Å². The first-order valence-electron chi connectivity index (χ1n) is 9.42. The van der Waals surface area contributed by atoms with Crippen LogP contribution in [0, 0.1) is 0 Å². The fourth-order valence-electron chi connectivity index (χ4n) is 3.70. The van der Waals surface area contributed by atoms with Crippen LogP contribution >= 0.6 is 0 Å². The van der Waals surface area contributed by atoms with E-state index in [1.807, 2.05) is 20.8 Å². The zero-order valence-corrected chi connectivity index (χ0v) is 15.9. The number of carbonyl (C=O) groups excluding carboxylic acids is 1. The van der Waals surface area contributed by atoms with Gasteiger partial charge in [-0.25, -0.2) is 9.78 Å². The van der Waals surface area contributed by atoms with Gasteiger partial charge in [-0.05, 0) is 39.7 Å². The molecule has 1 saturated heterocycles. The van der Waals surface area contributed by atoms with Crippen LogP contribution in [0.4, 0.5) is 0 Å². The number of nitrogens with zero attached hydrogens (tertiary/aromatic N) is 3. The van der Waals surface area contributed by atoms with E-state index in [-0.39, 0.29) is 11.3 Å². The van der Waals surface area contributed by atoms with E-state index in [0.29, 0.717) is 43.4 Å². The largest absolute Gasteiger partial charge is 0.372 e. The van der Waals surface area contributed by atoms with Gasteiger partial charge in [-0.2, -0.15) is 0 Å². The van der Waals surface area contributed by atoms with Gasteiger partial charge in [0.2, 0.25) is 0 Å². The molecule has 0 unspecified atom stereocenters. The Morgan fingerprint density at radius 1 is 1.37 bits per heavy atom. The molecular formula is C19H24N4O4. The molecule has 144 valence electrons. The number of aromatic nitrogens is 3. The smallest absolute Gasteiger partial charge is 0.329 e. The fraction of sp³-hybridized carbons (Fsp3) is 0.579. The Balaban J connectivity index is 1.92. The van der Waals surface area contributed by atoms with Gasteiger partial charge < -0.3 is 9.64 Å². The lowest BCUT2D eigenvalue weighted by Gasteiger charge is -2.38. The van der Waals surface area contributed by atoms with Gasteiger partial charge in [-0.1, -0.05) is 0 Å². The molecule has 8 heteroatoms. The molecule has 1 aliphatic carbocycles. The van der Waals surface area contributed by atoms with Gasteiger partial charge >= 0.3 is 5.69 Å². The lowest BCUT2D eigenvalue weighted by atomic mass is 10.0. The standard InChI is InChI=1S/C19H24N4O4/c1-4-23-15-14(16(24)21-18(23)26)12(9-13(20-15)11-5-6-11)17(25)22-7-8-27-19(2,3)10-22/h9,11H,4-8,10H2,1-3H3,(H,21,24,26). The Kier molecular flexibility index (Phi) is 4.18. The maximum Gasteiger partial charge on any atom is 0.329 e. The second-order valence-corrected chi connectivity index (χ2v) is 7.91. The number of hydrogen-bond donors (Lipinski definition) is 1. The molecule has 1 amide bonds. The lowest BCUT2D eigenvalue weighted by Crippen LogP contribution is -2.50. The number of hydrogen-bond acceptors (Lipinski definition) is 5. The first-order valence-corrected chi connectivity index (χ1v) is 9.42. The van der Waals surface area contributed by atoms with Gasteiger partial charge in [0.1, 0.15) is 0 Å². The highest BCUT2D eigenvalue weighted by Gasteiger charge is 2.33. The number of rotatable bonds is 3. The molecule has 27 heavy (non-hydrogen) atoms. The number of fused-ring (bicyclic) bond motifs is 1. The van der Waals surface area contributed by atoms with E-state index in [0.717, 1.165) is 18.5 Å². The van der Waals surface area contributed by atoms with Crippen LogP contribution in [0.25, 0.3) is 11.0 Å². The third-order valence-corrected chi connectivity index (χ3v) is 5.22. The highest BCUT2D eigenvalue weighted by Crippen LogP contribution is 2.40. The number of nitrogens with one attached hydrogen (secondary N) is 1. The maximum absolute atomic E-state index is 13.3. The van der Waals surface area contributed by atoms with Gasteiger partial charge in [0.05, 0.1) is 23.2 Å². The molecule has 8 nitrogen and oxygen atoms in total. The first-order chi connectivity index (χ1) is 12.8. The predicted octanol–water partition coefficient (Wildman–Crippen LogP) is 1.23. The molecular weight excluding hydrogens is 348 g/mol. The summed E-state index contributed by atoms with van der Waals surface area (Å²) in [6.45, 7) is 7.42. The van der Waals surface area contributed by atoms with Crippen molar-refractivity contribution in [2.45, 2.75) is 51.7 Å². The number of aryl methyl sites for hydroxylation is 1. The second-order valence-electron chi connectivity index (χ2n) is 7.91. The third-order valence-electron chi connectivity index (χ3n) is 5.22. The molecule has 0 atom stereocenters. The zero-order valence-electron chi connectivity index (χ0n) is 15.9. The topological polar surface area (TPSA) is 97.3 Å². The SMILES string of the molecule is CCn1c(=O)[nH]c(=O)c2c(C(=O)N3CCOC(C)(C)C3)cc(C3CC3)nc21. The molecule has 0 spiro atoms. The maximum atomic E-state index is 13.3. The van der Waals surface area contributed by atoms with Crippen LogP contribution < -0.4 is 11.2 Å². The Labute approximate surface area is 156 Å². The zero-order chi connectivity index (χ0) is 19.3. The number of ether oxygens (including phenoxy) is 1. The molecule has 1 N–H and O–H groups in total. The van der Waals surface area contributed by atoms with Crippen molar-refractivity contribution < 1.29 is 9.53 Å². The molecule has 0 bridgehead atoms. The molecule has 2 fully saturated rings. The summed E-state index contributed by atoms with van der Waals surface area (Å²) >= 11 is 0. The summed E-state index contributed by atoms with van der Waals surface area (Å²) in [5.74, 6) is 0.0780. The predicted molar refractivity (Wildman–Crippen MR) is 100 cm³/mol. The van der Waals surface area contributed by atoms with Crippen LogP contribution in [0.2, 0.25) is 0 Å².